The summed E-state index contributed by atoms with van der Waals surface area (Å²) in [5.41, 5.74) is 6.07. The van der Waals surface area contributed by atoms with Crippen molar-refractivity contribution in [2.24, 2.45) is 5.73 Å². The minimum atomic E-state index is -1.07. The number of amides is 2. The molecule has 154 valence electrons. The lowest BCUT2D eigenvalue weighted by atomic mass is 9.86. The number of rotatable bonds is 5. The average molecular weight is 421 g/mol. The van der Waals surface area contributed by atoms with Crippen molar-refractivity contribution in [3.05, 3.63) is 53.4 Å². The second-order valence-corrected chi connectivity index (χ2v) is 9.22. The van der Waals surface area contributed by atoms with Crippen LogP contribution in [-0.2, 0) is 4.79 Å². The van der Waals surface area contributed by atoms with E-state index in [4.69, 9.17) is 10.5 Å². The van der Waals surface area contributed by atoms with Crippen molar-refractivity contribution in [2.75, 3.05) is 12.4 Å². The van der Waals surface area contributed by atoms with Gasteiger partial charge in [-0.2, -0.15) is 4.39 Å². The molecule has 3 rings (SSSR count). The first-order chi connectivity index (χ1) is 13.6. The maximum Gasteiger partial charge on any atom is 0.267 e. The first-order valence-corrected chi connectivity index (χ1v) is 9.77. The average Bonchev–Trinajstić information content (AvgIpc) is 2.99. The van der Waals surface area contributed by atoms with E-state index in [1.165, 1.54) is 37.2 Å². The molecule has 0 radical (unpaired) electrons. The van der Waals surface area contributed by atoms with E-state index in [2.05, 4.69) is 10.3 Å². The molecule has 2 atom stereocenters. The number of nitrogens with zero attached hydrogens (tertiary/aromatic N) is 1. The molecule has 1 aliphatic heterocycles. The molecule has 0 aliphatic carbocycles. The lowest BCUT2D eigenvalue weighted by Crippen LogP contribution is -2.28. The number of methoxy groups -OCH3 is 1. The Kier molecular flexibility index (Phi) is 5.79. The number of primary amides is 1. The number of anilines is 1. The first kappa shape index (κ1) is 21.0. The van der Waals surface area contributed by atoms with E-state index in [0.29, 0.717) is 17.7 Å². The van der Waals surface area contributed by atoms with Crippen LogP contribution >= 0.6 is 11.8 Å². The largest absolute Gasteiger partial charge is 0.493 e. The summed E-state index contributed by atoms with van der Waals surface area (Å²) >= 11 is 1.45. The molecule has 1 aromatic carbocycles. The number of carbonyl (C=O) groups excluding carboxylic acids is 2. The van der Waals surface area contributed by atoms with Crippen LogP contribution in [0.4, 0.5) is 14.5 Å². The summed E-state index contributed by atoms with van der Waals surface area (Å²) in [4.78, 5) is 28.2. The summed E-state index contributed by atoms with van der Waals surface area (Å²) in [6.07, 6.45) is 1.94. The van der Waals surface area contributed by atoms with Crippen LogP contribution in [0, 0.1) is 11.6 Å². The summed E-state index contributed by atoms with van der Waals surface area (Å²) < 4.78 is 32.7. The second kappa shape index (κ2) is 7.98. The fourth-order valence-electron chi connectivity index (χ4n) is 3.52. The van der Waals surface area contributed by atoms with Crippen LogP contribution in [0.2, 0.25) is 0 Å². The van der Waals surface area contributed by atoms with Crippen molar-refractivity contribution in [2.45, 2.75) is 36.2 Å². The number of thioether (sulfide) groups is 1. The van der Waals surface area contributed by atoms with Gasteiger partial charge in [0, 0.05) is 28.1 Å². The molecular weight excluding hydrogens is 400 g/mol. The number of aromatic nitrogens is 1. The Balaban J connectivity index is 1.93. The van der Waals surface area contributed by atoms with Gasteiger partial charge in [-0.15, -0.1) is 11.8 Å². The van der Waals surface area contributed by atoms with E-state index in [1.54, 1.807) is 6.07 Å². The highest BCUT2D eigenvalue weighted by Crippen LogP contribution is 2.53. The molecule has 2 heterocycles. The van der Waals surface area contributed by atoms with Gasteiger partial charge in [-0.05, 0) is 24.6 Å². The number of halogens is 2. The minimum Gasteiger partial charge on any atom is -0.493 e. The topological polar surface area (TPSA) is 94.3 Å². The van der Waals surface area contributed by atoms with Crippen molar-refractivity contribution in [1.29, 1.82) is 0 Å². The highest BCUT2D eigenvalue weighted by Gasteiger charge is 2.45. The number of carbonyl (C=O) groups is 2. The van der Waals surface area contributed by atoms with Crippen LogP contribution in [0.1, 0.15) is 42.2 Å². The van der Waals surface area contributed by atoms with Gasteiger partial charge >= 0.3 is 0 Å². The summed E-state index contributed by atoms with van der Waals surface area (Å²) in [5, 5.41) is 2.19. The molecule has 1 aliphatic rings. The molecule has 2 aromatic rings. The Labute approximate surface area is 171 Å². The monoisotopic (exact) mass is 421 g/mol. The first-order valence-electron chi connectivity index (χ1n) is 8.89. The van der Waals surface area contributed by atoms with E-state index in [1.807, 2.05) is 13.8 Å². The predicted molar refractivity (Wildman–Crippen MR) is 107 cm³/mol. The van der Waals surface area contributed by atoms with Crippen molar-refractivity contribution in [1.82, 2.24) is 4.98 Å². The van der Waals surface area contributed by atoms with E-state index in [-0.39, 0.29) is 22.1 Å². The van der Waals surface area contributed by atoms with Crippen LogP contribution in [0.5, 0.6) is 5.75 Å². The minimum absolute atomic E-state index is 0.0287. The van der Waals surface area contributed by atoms with Gasteiger partial charge < -0.3 is 15.8 Å². The van der Waals surface area contributed by atoms with Crippen LogP contribution in [-0.4, -0.2) is 33.9 Å². The summed E-state index contributed by atoms with van der Waals surface area (Å²) in [5.74, 6) is -3.68. The SMILES string of the molecule is COc1c(C2CC(C)(C)SC2C(=O)Nc2ccnc(C(N)=O)c2)ccc(F)c1F. The Hall–Kier alpha value is -2.68. The number of nitrogens with two attached hydrogens (primary N) is 1. The molecule has 29 heavy (non-hydrogen) atoms. The summed E-state index contributed by atoms with van der Waals surface area (Å²) in [7, 11) is 1.27. The normalized spacial score (nSPS) is 20.3. The molecule has 6 nitrogen and oxygen atoms in total. The second-order valence-electron chi connectivity index (χ2n) is 7.38. The Bertz CT molecular complexity index is 968. The Morgan fingerprint density at radius 1 is 1.31 bits per heavy atom. The lowest BCUT2D eigenvalue weighted by molar-refractivity contribution is -0.116. The van der Waals surface area contributed by atoms with Crippen molar-refractivity contribution < 1.29 is 23.1 Å². The van der Waals surface area contributed by atoms with Crippen molar-refractivity contribution >= 4 is 29.3 Å². The lowest BCUT2D eigenvalue weighted by Gasteiger charge is -2.21. The Morgan fingerprint density at radius 2 is 2.03 bits per heavy atom. The predicted octanol–water partition coefficient (Wildman–Crippen LogP) is 3.47. The molecule has 1 fully saturated rings. The van der Waals surface area contributed by atoms with Crippen LogP contribution in [0.3, 0.4) is 0 Å². The van der Waals surface area contributed by atoms with Crippen LogP contribution in [0.25, 0.3) is 0 Å². The van der Waals surface area contributed by atoms with Gasteiger partial charge in [-0.3, -0.25) is 14.6 Å². The zero-order chi connectivity index (χ0) is 21.3. The van der Waals surface area contributed by atoms with Gasteiger partial charge in [0.25, 0.3) is 5.91 Å². The molecule has 0 saturated carbocycles. The van der Waals surface area contributed by atoms with Gasteiger partial charge in [-0.25, -0.2) is 4.39 Å². The van der Waals surface area contributed by atoms with Crippen molar-refractivity contribution in [3.63, 3.8) is 0 Å². The zero-order valence-electron chi connectivity index (χ0n) is 16.2. The van der Waals surface area contributed by atoms with Crippen molar-refractivity contribution in [3.8, 4) is 5.75 Å². The van der Waals surface area contributed by atoms with Gasteiger partial charge in [-0.1, -0.05) is 19.9 Å². The van der Waals surface area contributed by atoms with E-state index in [0.717, 1.165) is 6.07 Å². The number of benzene rings is 1. The molecule has 0 bridgehead atoms. The standard InChI is InChI=1S/C20H21F2N3O3S/c1-20(2)9-12(11-4-5-13(21)15(22)16(11)28-3)17(29-20)19(27)25-10-6-7-24-14(8-10)18(23)26/h4-8,12,17H,9H2,1-3H3,(H2,23,26)(H,24,25,27). The van der Waals surface area contributed by atoms with Gasteiger partial charge in [0.2, 0.25) is 11.7 Å². The number of nitrogens with one attached hydrogen (secondary N) is 1. The Morgan fingerprint density at radius 3 is 2.69 bits per heavy atom. The molecule has 2 amide bonds. The zero-order valence-corrected chi connectivity index (χ0v) is 17.0. The summed E-state index contributed by atoms with van der Waals surface area (Å²) in [6.45, 7) is 3.98. The fourth-order valence-corrected chi connectivity index (χ4v) is 5.06. The van der Waals surface area contributed by atoms with Crippen LogP contribution < -0.4 is 15.8 Å². The number of hydrogen-bond donors (Lipinski definition) is 2. The van der Waals surface area contributed by atoms with Gasteiger partial charge in [0.05, 0.1) is 12.4 Å². The third-order valence-electron chi connectivity index (χ3n) is 4.75. The van der Waals surface area contributed by atoms with Gasteiger partial charge in [0.1, 0.15) is 5.69 Å². The highest BCUT2D eigenvalue weighted by molar-refractivity contribution is 8.02. The number of hydrogen-bond acceptors (Lipinski definition) is 5. The molecule has 0 spiro atoms. The highest BCUT2D eigenvalue weighted by atomic mass is 32.2. The van der Waals surface area contributed by atoms with E-state index >= 15 is 0 Å². The maximum absolute atomic E-state index is 14.2. The third-order valence-corrected chi connectivity index (χ3v) is 6.35. The van der Waals surface area contributed by atoms with E-state index < -0.39 is 28.7 Å². The number of ether oxygens (including phenoxy) is 1. The maximum atomic E-state index is 14.2. The quantitative estimate of drug-likeness (QED) is 0.771. The summed E-state index contributed by atoms with van der Waals surface area (Å²) in [6, 6.07) is 5.43. The van der Waals surface area contributed by atoms with E-state index in [9.17, 15) is 18.4 Å². The molecule has 1 aromatic heterocycles. The third kappa shape index (κ3) is 4.34. The van der Waals surface area contributed by atoms with Crippen LogP contribution in [0.15, 0.2) is 30.5 Å². The molecule has 1 saturated heterocycles. The molecule has 2 unspecified atom stereocenters. The molecule has 3 N–H and O–H groups in total. The smallest absolute Gasteiger partial charge is 0.267 e. The van der Waals surface area contributed by atoms with Gasteiger partial charge in [0.15, 0.2) is 11.6 Å². The fraction of sp³-hybridized carbons (Fsp3) is 0.350. The number of pyridine rings is 1. The molecular formula is C20H21F2N3O3S. The molecule has 9 heteroatoms.